The van der Waals surface area contributed by atoms with Gasteiger partial charge in [-0.1, -0.05) is 24.3 Å². The van der Waals surface area contributed by atoms with Gasteiger partial charge >= 0.3 is 0 Å². The van der Waals surface area contributed by atoms with E-state index in [4.69, 9.17) is 10.7 Å². The second-order valence-electron chi connectivity index (χ2n) is 4.19. The molecule has 0 bridgehead atoms. The van der Waals surface area contributed by atoms with Crippen molar-refractivity contribution in [3.05, 3.63) is 48.6 Å². The number of para-hydroxylation sites is 1. The van der Waals surface area contributed by atoms with Gasteiger partial charge in [0.25, 0.3) is 0 Å². The van der Waals surface area contributed by atoms with Crippen molar-refractivity contribution in [2.75, 3.05) is 18.0 Å². The van der Waals surface area contributed by atoms with E-state index in [2.05, 4.69) is 30.5 Å². The highest BCUT2D eigenvalue weighted by Crippen LogP contribution is 2.22. The molecular weight excluding hydrogens is 222 g/mol. The first-order valence-electron chi connectivity index (χ1n) is 6.24. The van der Waals surface area contributed by atoms with Gasteiger partial charge in [-0.2, -0.15) is 0 Å². The number of fused-ring (bicyclic) bond motifs is 1. The zero-order valence-corrected chi connectivity index (χ0v) is 10.8. The van der Waals surface area contributed by atoms with Crippen molar-refractivity contribution in [3.63, 3.8) is 0 Å². The van der Waals surface area contributed by atoms with Crippen LogP contribution in [-0.2, 0) is 6.54 Å². The Bertz CT molecular complexity index is 548. The molecule has 0 aliphatic rings. The molecule has 1 aromatic carbocycles. The standard InChI is InChI=1S/C15H19N3/c1-3-9-18(4-2)15-10-12(11-16)13-7-5-6-8-14(13)17-15/h3,5-8,10H,1,4,9,11,16H2,2H3. The highest BCUT2D eigenvalue weighted by atomic mass is 15.2. The quantitative estimate of drug-likeness (QED) is 0.818. The molecule has 0 saturated heterocycles. The smallest absolute Gasteiger partial charge is 0.129 e. The fraction of sp³-hybridized carbons (Fsp3) is 0.267. The van der Waals surface area contributed by atoms with E-state index in [1.165, 1.54) is 0 Å². The van der Waals surface area contributed by atoms with Crippen molar-refractivity contribution in [1.29, 1.82) is 0 Å². The van der Waals surface area contributed by atoms with Gasteiger partial charge in [0.15, 0.2) is 0 Å². The molecule has 0 saturated carbocycles. The van der Waals surface area contributed by atoms with E-state index < -0.39 is 0 Å². The van der Waals surface area contributed by atoms with Crippen LogP contribution in [0.1, 0.15) is 12.5 Å². The zero-order valence-electron chi connectivity index (χ0n) is 10.8. The van der Waals surface area contributed by atoms with Crippen LogP contribution in [0.3, 0.4) is 0 Å². The summed E-state index contributed by atoms with van der Waals surface area (Å²) in [6.45, 7) is 8.13. The predicted octanol–water partition coefficient (Wildman–Crippen LogP) is 2.71. The number of anilines is 1. The van der Waals surface area contributed by atoms with Crippen LogP contribution in [0, 0.1) is 0 Å². The van der Waals surface area contributed by atoms with E-state index in [1.807, 2.05) is 24.3 Å². The SMILES string of the molecule is C=CCN(CC)c1cc(CN)c2ccccc2n1. The Morgan fingerprint density at radius 3 is 2.83 bits per heavy atom. The molecule has 3 nitrogen and oxygen atoms in total. The average molecular weight is 241 g/mol. The number of hydrogen-bond acceptors (Lipinski definition) is 3. The fourth-order valence-corrected chi connectivity index (χ4v) is 2.10. The molecule has 0 radical (unpaired) electrons. The van der Waals surface area contributed by atoms with Crippen LogP contribution in [0.5, 0.6) is 0 Å². The molecule has 0 aliphatic heterocycles. The summed E-state index contributed by atoms with van der Waals surface area (Å²) in [5, 5.41) is 1.14. The van der Waals surface area contributed by atoms with E-state index in [-0.39, 0.29) is 0 Å². The van der Waals surface area contributed by atoms with Gasteiger partial charge in [0.1, 0.15) is 5.82 Å². The van der Waals surface area contributed by atoms with Crippen molar-refractivity contribution in [1.82, 2.24) is 4.98 Å². The van der Waals surface area contributed by atoms with Gasteiger partial charge in [-0.05, 0) is 24.6 Å². The summed E-state index contributed by atoms with van der Waals surface area (Å²) in [4.78, 5) is 6.88. The Balaban J connectivity index is 2.55. The van der Waals surface area contributed by atoms with Crippen LogP contribution >= 0.6 is 0 Å². The van der Waals surface area contributed by atoms with E-state index >= 15 is 0 Å². The lowest BCUT2D eigenvalue weighted by Gasteiger charge is -2.21. The summed E-state index contributed by atoms with van der Waals surface area (Å²) in [5.74, 6) is 0.969. The van der Waals surface area contributed by atoms with Crippen LogP contribution in [-0.4, -0.2) is 18.1 Å². The number of benzene rings is 1. The van der Waals surface area contributed by atoms with Gasteiger partial charge in [0, 0.05) is 25.0 Å². The third-order valence-electron chi connectivity index (χ3n) is 3.06. The maximum atomic E-state index is 5.83. The number of aromatic nitrogens is 1. The highest BCUT2D eigenvalue weighted by Gasteiger charge is 2.08. The van der Waals surface area contributed by atoms with Gasteiger partial charge in [-0.15, -0.1) is 6.58 Å². The molecule has 2 aromatic rings. The molecule has 1 heterocycles. The van der Waals surface area contributed by atoms with Gasteiger partial charge in [-0.25, -0.2) is 4.98 Å². The summed E-state index contributed by atoms with van der Waals surface area (Å²) in [6, 6.07) is 10.2. The molecule has 94 valence electrons. The van der Waals surface area contributed by atoms with Gasteiger partial charge < -0.3 is 10.6 Å². The Hall–Kier alpha value is -1.87. The van der Waals surface area contributed by atoms with Crippen molar-refractivity contribution in [3.8, 4) is 0 Å². The number of pyridine rings is 1. The lowest BCUT2D eigenvalue weighted by atomic mass is 10.1. The molecule has 3 heteroatoms. The summed E-state index contributed by atoms with van der Waals surface area (Å²) >= 11 is 0. The fourth-order valence-electron chi connectivity index (χ4n) is 2.10. The summed E-state index contributed by atoms with van der Waals surface area (Å²) in [6.07, 6.45) is 1.89. The van der Waals surface area contributed by atoms with E-state index in [9.17, 15) is 0 Å². The maximum absolute atomic E-state index is 5.83. The lowest BCUT2D eigenvalue weighted by Crippen LogP contribution is -2.23. The van der Waals surface area contributed by atoms with Crippen LogP contribution in [0.15, 0.2) is 43.0 Å². The molecule has 18 heavy (non-hydrogen) atoms. The predicted molar refractivity (Wildman–Crippen MR) is 77.7 cm³/mol. The molecule has 0 aliphatic carbocycles. The monoisotopic (exact) mass is 241 g/mol. The molecule has 0 atom stereocenters. The molecule has 0 fully saturated rings. The second kappa shape index (κ2) is 5.65. The Labute approximate surface area is 108 Å². The first-order chi connectivity index (χ1) is 8.80. The highest BCUT2D eigenvalue weighted by molar-refractivity contribution is 5.84. The van der Waals surface area contributed by atoms with E-state index in [0.717, 1.165) is 35.4 Å². The molecule has 2 rings (SSSR count). The van der Waals surface area contributed by atoms with E-state index in [1.54, 1.807) is 0 Å². The first kappa shape index (κ1) is 12.6. The molecule has 0 spiro atoms. The summed E-state index contributed by atoms with van der Waals surface area (Å²) in [7, 11) is 0. The van der Waals surface area contributed by atoms with Crippen LogP contribution in [0.25, 0.3) is 10.9 Å². The number of nitrogens with two attached hydrogens (primary N) is 1. The molecule has 2 N–H and O–H groups in total. The number of likely N-dealkylation sites (N-methyl/N-ethyl adjacent to an activating group) is 1. The first-order valence-corrected chi connectivity index (χ1v) is 6.24. The Morgan fingerprint density at radius 1 is 1.39 bits per heavy atom. The van der Waals surface area contributed by atoms with Crippen LogP contribution < -0.4 is 10.6 Å². The van der Waals surface area contributed by atoms with Gasteiger partial charge in [-0.3, -0.25) is 0 Å². The number of rotatable bonds is 5. The van der Waals surface area contributed by atoms with Crippen molar-refractivity contribution < 1.29 is 0 Å². The minimum absolute atomic E-state index is 0.529. The average Bonchev–Trinajstić information content (AvgIpc) is 2.43. The number of nitrogens with zero attached hydrogens (tertiary/aromatic N) is 2. The maximum Gasteiger partial charge on any atom is 0.129 e. The minimum atomic E-state index is 0.529. The largest absolute Gasteiger partial charge is 0.353 e. The minimum Gasteiger partial charge on any atom is -0.353 e. The molecular formula is C15H19N3. The second-order valence-corrected chi connectivity index (χ2v) is 4.19. The normalized spacial score (nSPS) is 10.6. The van der Waals surface area contributed by atoms with Crippen LogP contribution in [0.2, 0.25) is 0 Å². The van der Waals surface area contributed by atoms with Gasteiger partial charge in [0.05, 0.1) is 5.52 Å². The summed E-state index contributed by atoms with van der Waals surface area (Å²) in [5.41, 5.74) is 7.97. The van der Waals surface area contributed by atoms with Crippen molar-refractivity contribution in [2.45, 2.75) is 13.5 Å². The van der Waals surface area contributed by atoms with Crippen LogP contribution in [0.4, 0.5) is 5.82 Å². The Morgan fingerprint density at radius 2 is 2.17 bits per heavy atom. The van der Waals surface area contributed by atoms with Crippen molar-refractivity contribution in [2.24, 2.45) is 5.73 Å². The third kappa shape index (κ3) is 2.36. The molecule has 1 aromatic heterocycles. The molecule has 0 unspecified atom stereocenters. The topological polar surface area (TPSA) is 42.1 Å². The summed E-state index contributed by atoms with van der Waals surface area (Å²) < 4.78 is 0. The third-order valence-corrected chi connectivity index (χ3v) is 3.06. The zero-order chi connectivity index (χ0) is 13.0. The number of hydrogen-bond donors (Lipinski definition) is 1. The van der Waals surface area contributed by atoms with Gasteiger partial charge in [0.2, 0.25) is 0 Å². The van der Waals surface area contributed by atoms with E-state index in [0.29, 0.717) is 6.54 Å². The van der Waals surface area contributed by atoms with Crippen molar-refractivity contribution >= 4 is 16.7 Å². The Kier molecular flexibility index (Phi) is 3.95. The molecule has 0 amide bonds. The lowest BCUT2D eigenvalue weighted by molar-refractivity contribution is 0.884.